The third-order valence-corrected chi connectivity index (χ3v) is 2.77. The number of amides is 1. The van der Waals surface area contributed by atoms with Gasteiger partial charge in [0.25, 0.3) is 17.6 Å². The first-order valence-electron chi connectivity index (χ1n) is 5.82. The molecule has 0 bridgehead atoms. The van der Waals surface area contributed by atoms with Gasteiger partial charge in [0.15, 0.2) is 0 Å². The van der Waals surface area contributed by atoms with Crippen LogP contribution in [-0.4, -0.2) is 21.2 Å². The number of nitrogens with two attached hydrogens (primary N) is 1. The summed E-state index contributed by atoms with van der Waals surface area (Å²) in [5.41, 5.74) is 7.07. The van der Waals surface area contributed by atoms with Crippen molar-refractivity contribution in [3.63, 3.8) is 0 Å². The standard InChI is InChI=1S/C13H10N4O3/c1-7-9(13-15-12(11(14)18)17-20-13)10(16-19-7)8-5-3-2-4-6-8/h2-6H,1H3,(H2,14,18). The molecule has 0 saturated carbocycles. The predicted molar refractivity (Wildman–Crippen MR) is 68.5 cm³/mol. The second-order valence-electron chi connectivity index (χ2n) is 4.12. The van der Waals surface area contributed by atoms with Crippen LogP contribution in [0.1, 0.15) is 16.4 Å². The minimum absolute atomic E-state index is 0.149. The van der Waals surface area contributed by atoms with Gasteiger partial charge in [-0.3, -0.25) is 4.79 Å². The Morgan fingerprint density at radius 2 is 1.90 bits per heavy atom. The molecular weight excluding hydrogens is 260 g/mol. The molecule has 3 aromatic rings. The Kier molecular flexibility index (Phi) is 2.79. The van der Waals surface area contributed by atoms with Crippen molar-refractivity contribution < 1.29 is 13.8 Å². The lowest BCUT2D eigenvalue weighted by atomic mass is 10.1. The Hall–Kier alpha value is -2.96. The molecule has 0 fully saturated rings. The van der Waals surface area contributed by atoms with Gasteiger partial charge in [0.2, 0.25) is 0 Å². The number of aromatic nitrogens is 3. The minimum atomic E-state index is -0.754. The van der Waals surface area contributed by atoms with Gasteiger partial charge in [0.1, 0.15) is 17.0 Å². The van der Waals surface area contributed by atoms with E-state index in [1.54, 1.807) is 6.92 Å². The van der Waals surface area contributed by atoms with Crippen molar-refractivity contribution in [2.45, 2.75) is 6.92 Å². The molecule has 3 rings (SSSR count). The largest absolute Gasteiger partial charge is 0.363 e. The highest BCUT2D eigenvalue weighted by Crippen LogP contribution is 2.32. The van der Waals surface area contributed by atoms with Crippen molar-refractivity contribution in [1.82, 2.24) is 15.3 Å². The number of rotatable bonds is 3. The molecule has 0 atom stereocenters. The molecule has 0 unspecified atom stereocenters. The number of benzene rings is 1. The zero-order chi connectivity index (χ0) is 14.1. The van der Waals surface area contributed by atoms with Gasteiger partial charge in [0, 0.05) is 5.56 Å². The van der Waals surface area contributed by atoms with E-state index in [1.165, 1.54) is 0 Å². The highest BCUT2D eigenvalue weighted by Gasteiger charge is 2.23. The summed E-state index contributed by atoms with van der Waals surface area (Å²) >= 11 is 0. The molecule has 0 aliphatic heterocycles. The molecule has 7 heteroatoms. The first-order chi connectivity index (χ1) is 9.66. The highest BCUT2D eigenvalue weighted by atomic mass is 16.5. The molecule has 7 nitrogen and oxygen atoms in total. The van der Waals surface area contributed by atoms with E-state index in [4.69, 9.17) is 14.8 Å². The van der Waals surface area contributed by atoms with Crippen LogP contribution >= 0.6 is 0 Å². The van der Waals surface area contributed by atoms with Crippen LogP contribution in [0.2, 0.25) is 0 Å². The Labute approximate surface area is 113 Å². The van der Waals surface area contributed by atoms with E-state index >= 15 is 0 Å². The van der Waals surface area contributed by atoms with Crippen LogP contribution < -0.4 is 5.73 Å². The van der Waals surface area contributed by atoms with E-state index in [9.17, 15) is 4.79 Å². The number of nitrogens with zero attached hydrogens (tertiary/aromatic N) is 3. The van der Waals surface area contributed by atoms with Crippen LogP contribution in [-0.2, 0) is 0 Å². The second kappa shape index (κ2) is 4.61. The number of hydrogen-bond acceptors (Lipinski definition) is 6. The first kappa shape index (κ1) is 12.1. The van der Waals surface area contributed by atoms with E-state index in [0.717, 1.165) is 5.56 Å². The number of aryl methyl sites for hydroxylation is 1. The molecule has 20 heavy (non-hydrogen) atoms. The molecule has 2 heterocycles. The molecule has 100 valence electrons. The molecule has 0 aliphatic carbocycles. The van der Waals surface area contributed by atoms with E-state index in [2.05, 4.69) is 15.3 Å². The maximum Gasteiger partial charge on any atom is 0.290 e. The number of carbonyl (C=O) groups excluding carboxylic acids is 1. The molecule has 2 aromatic heterocycles. The third-order valence-electron chi connectivity index (χ3n) is 2.77. The van der Waals surface area contributed by atoms with E-state index in [1.807, 2.05) is 30.3 Å². The molecule has 0 aliphatic rings. The lowest BCUT2D eigenvalue weighted by molar-refractivity contribution is 0.0987. The van der Waals surface area contributed by atoms with E-state index in [-0.39, 0.29) is 11.7 Å². The summed E-state index contributed by atoms with van der Waals surface area (Å²) in [6, 6.07) is 9.42. The quantitative estimate of drug-likeness (QED) is 0.777. The summed E-state index contributed by atoms with van der Waals surface area (Å²) in [6.45, 7) is 1.73. The average molecular weight is 270 g/mol. The number of carbonyl (C=O) groups is 1. The van der Waals surface area contributed by atoms with Gasteiger partial charge >= 0.3 is 0 Å². The van der Waals surface area contributed by atoms with Gasteiger partial charge in [-0.15, -0.1) is 0 Å². The molecule has 0 radical (unpaired) electrons. The molecule has 2 N–H and O–H groups in total. The van der Waals surface area contributed by atoms with Crippen LogP contribution in [0, 0.1) is 6.92 Å². The Balaban J connectivity index is 2.14. The molecule has 0 saturated heterocycles. The van der Waals surface area contributed by atoms with Crippen LogP contribution in [0.15, 0.2) is 39.4 Å². The molecule has 1 aromatic carbocycles. The fraction of sp³-hybridized carbons (Fsp3) is 0.0769. The minimum Gasteiger partial charge on any atom is -0.363 e. The monoisotopic (exact) mass is 270 g/mol. The zero-order valence-corrected chi connectivity index (χ0v) is 10.5. The fourth-order valence-electron chi connectivity index (χ4n) is 1.84. The molecular formula is C13H10N4O3. The maximum atomic E-state index is 11.0. The SMILES string of the molecule is Cc1onc(-c2ccccc2)c1-c1nc(C(N)=O)no1. The van der Waals surface area contributed by atoms with Crippen LogP contribution in [0.5, 0.6) is 0 Å². The van der Waals surface area contributed by atoms with Crippen molar-refractivity contribution in [2.75, 3.05) is 0 Å². The van der Waals surface area contributed by atoms with Gasteiger partial charge < -0.3 is 14.8 Å². The van der Waals surface area contributed by atoms with Gasteiger partial charge in [0.05, 0.1) is 0 Å². The van der Waals surface area contributed by atoms with E-state index in [0.29, 0.717) is 17.0 Å². The normalized spacial score (nSPS) is 10.7. The van der Waals surface area contributed by atoms with Crippen molar-refractivity contribution in [3.05, 3.63) is 41.9 Å². The summed E-state index contributed by atoms with van der Waals surface area (Å²) < 4.78 is 10.2. The average Bonchev–Trinajstić information content (AvgIpc) is 3.06. The first-order valence-corrected chi connectivity index (χ1v) is 5.82. The molecule has 1 amide bonds. The topological polar surface area (TPSA) is 108 Å². The maximum absolute atomic E-state index is 11.0. The van der Waals surface area contributed by atoms with Crippen molar-refractivity contribution in [2.24, 2.45) is 5.73 Å². The summed E-state index contributed by atoms with van der Waals surface area (Å²) in [4.78, 5) is 15.0. The van der Waals surface area contributed by atoms with Gasteiger partial charge in [-0.25, -0.2) is 0 Å². The fourth-order valence-corrected chi connectivity index (χ4v) is 1.84. The lowest BCUT2D eigenvalue weighted by Gasteiger charge is -1.97. The second-order valence-corrected chi connectivity index (χ2v) is 4.12. The molecule has 0 spiro atoms. The number of hydrogen-bond donors (Lipinski definition) is 1. The smallest absolute Gasteiger partial charge is 0.290 e. The van der Waals surface area contributed by atoms with Crippen molar-refractivity contribution in [3.8, 4) is 22.7 Å². The third kappa shape index (κ3) is 1.95. The van der Waals surface area contributed by atoms with E-state index < -0.39 is 5.91 Å². The zero-order valence-electron chi connectivity index (χ0n) is 10.5. The predicted octanol–water partition coefficient (Wildman–Crippen LogP) is 1.80. The summed E-state index contributed by atoms with van der Waals surface area (Å²) in [7, 11) is 0. The highest BCUT2D eigenvalue weighted by molar-refractivity contribution is 5.89. The van der Waals surface area contributed by atoms with Crippen LogP contribution in [0.25, 0.3) is 22.7 Å². The Bertz CT molecular complexity index is 761. The lowest BCUT2D eigenvalue weighted by Crippen LogP contribution is -2.12. The van der Waals surface area contributed by atoms with Crippen molar-refractivity contribution in [1.29, 1.82) is 0 Å². The van der Waals surface area contributed by atoms with Gasteiger partial charge in [-0.05, 0) is 6.92 Å². The van der Waals surface area contributed by atoms with Crippen LogP contribution in [0.4, 0.5) is 0 Å². The number of primary amides is 1. The van der Waals surface area contributed by atoms with Gasteiger partial charge in [-0.1, -0.05) is 40.6 Å². The Morgan fingerprint density at radius 1 is 1.15 bits per heavy atom. The summed E-state index contributed by atoms with van der Waals surface area (Å²) in [5.74, 6) is -0.269. The Morgan fingerprint density at radius 3 is 2.55 bits per heavy atom. The van der Waals surface area contributed by atoms with Gasteiger partial charge in [-0.2, -0.15) is 4.98 Å². The van der Waals surface area contributed by atoms with Crippen LogP contribution in [0.3, 0.4) is 0 Å². The van der Waals surface area contributed by atoms with Crippen molar-refractivity contribution >= 4 is 5.91 Å². The summed E-state index contributed by atoms with van der Waals surface area (Å²) in [6.07, 6.45) is 0. The summed E-state index contributed by atoms with van der Waals surface area (Å²) in [5, 5.41) is 7.51.